The lowest BCUT2D eigenvalue weighted by molar-refractivity contribution is 0.145. The first-order valence-corrected chi connectivity index (χ1v) is 11.0. The first kappa shape index (κ1) is 19.2. The summed E-state index contributed by atoms with van der Waals surface area (Å²) in [6, 6.07) is 12.3. The van der Waals surface area contributed by atoms with Gasteiger partial charge in [0.2, 0.25) is 5.88 Å². The minimum atomic E-state index is 0.645. The molecule has 148 valence electrons. The van der Waals surface area contributed by atoms with Crippen LogP contribution in [-0.4, -0.2) is 77.0 Å². The molecule has 0 radical (unpaired) electrons. The van der Waals surface area contributed by atoms with E-state index in [9.17, 15) is 0 Å². The molecule has 1 aliphatic heterocycles. The van der Waals surface area contributed by atoms with Crippen molar-refractivity contribution in [3.63, 3.8) is 0 Å². The average Bonchev–Trinajstić information content (AvgIpc) is 3.16. The molecule has 1 fully saturated rings. The maximum absolute atomic E-state index is 5.93. The van der Waals surface area contributed by atoms with Gasteiger partial charge in [0.25, 0.3) is 0 Å². The number of hydrogen-bond donors (Lipinski definition) is 0. The summed E-state index contributed by atoms with van der Waals surface area (Å²) in [7, 11) is 2.18. The van der Waals surface area contributed by atoms with Gasteiger partial charge in [-0.05, 0) is 37.9 Å². The molecule has 0 aliphatic carbocycles. The van der Waals surface area contributed by atoms with E-state index in [0.29, 0.717) is 12.5 Å². The molecule has 7 heteroatoms. The molecule has 1 aromatic carbocycles. The lowest BCUT2D eigenvalue weighted by Crippen LogP contribution is -2.44. The molecule has 6 nitrogen and oxygen atoms in total. The summed E-state index contributed by atoms with van der Waals surface area (Å²) >= 11 is 1.73. The fourth-order valence-corrected chi connectivity index (χ4v) is 3.91. The largest absolute Gasteiger partial charge is 0.477 e. The van der Waals surface area contributed by atoms with E-state index in [1.807, 2.05) is 22.8 Å². The van der Waals surface area contributed by atoms with E-state index in [4.69, 9.17) is 4.74 Å². The maximum atomic E-state index is 5.93. The molecule has 0 N–H and O–H groups in total. The van der Waals surface area contributed by atoms with E-state index in [1.165, 1.54) is 4.90 Å². The number of likely N-dealkylation sites (N-methyl/N-ethyl adjacent to an activating group) is 1. The Kier molecular flexibility index (Phi) is 6.14. The summed E-state index contributed by atoms with van der Waals surface area (Å²) < 4.78 is 7.80. The zero-order valence-corrected chi connectivity index (χ0v) is 17.4. The third kappa shape index (κ3) is 4.48. The molecular weight excluding hydrogens is 370 g/mol. The number of hydrogen-bond acceptors (Lipinski definition) is 6. The predicted molar refractivity (Wildman–Crippen MR) is 114 cm³/mol. The van der Waals surface area contributed by atoms with E-state index < -0.39 is 0 Å². The van der Waals surface area contributed by atoms with Crippen LogP contribution in [-0.2, 0) is 0 Å². The topological polar surface area (TPSA) is 45.9 Å². The number of aromatic nitrogens is 3. The molecule has 0 unspecified atom stereocenters. The molecule has 4 rings (SSSR count). The Balaban J connectivity index is 1.40. The van der Waals surface area contributed by atoms with E-state index in [-0.39, 0.29) is 0 Å². The number of thioether (sulfide) groups is 1. The van der Waals surface area contributed by atoms with Gasteiger partial charge in [0.1, 0.15) is 0 Å². The highest BCUT2D eigenvalue weighted by Gasteiger charge is 2.13. The van der Waals surface area contributed by atoms with Crippen molar-refractivity contribution in [2.24, 2.45) is 0 Å². The monoisotopic (exact) mass is 397 g/mol. The maximum Gasteiger partial charge on any atom is 0.231 e. The minimum absolute atomic E-state index is 0.645. The van der Waals surface area contributed by atoms with E-state index in [0.717, 1.165) is 56.0 Å². The van der Waals surface area contributed by atoms with Gasteiger partial charge in [0.15, 0.2) is 5.65 Å². The Morgan fingerprint density at radius 1 is 1.11 bits per heavy atom. The molecule has 0 amide bonds. The third-order valence-electron chi connectivity index (χ3n) is 5.17. The molecule has 0 saturated carbocycles. The van der Waals surface area contributed by atoms with Crippen molar-refractivity contribution in [3.05, 3.63) is 42.6 Å². The van der Waals surface area contributed by atoms with E-state index in [2.05, 4.69) is 57.5 Å². The smallest absolute Gasteiger partial charge is 0.231 e. The molecule has 3 aromatic rings. The summed E-state index contributed by atoms with van der Waals surface area (Å²) in [5, 5.41) is 4.67. The van der Waals surface area contributed by atoms with Gasteiger partial charge in [-0.25, -0.2) is 9.50 Å². The highest BCUT2D eigenvalue weighted by atomic mass is 32.2. The van der Waals surface area contributed by atoms with Gasteiger partial charge < -0.3 is 14.5 Å². The Hall–Kier alpha value is -2.09. The van der Waals surface area contributed by atoms with Crippen molar-refractivity contribution in [2.45, 2.75) is 11.3 Å². The van der Waals surface area contributed by atoms with Crippen LogP contribution in [0.1, 0.15) is 6.42 Å². The van der Waals surface area contributed by atoms with Gasteiger partial charge >= 0.3 is 0 Å². The normalized spacial score (nSPS) is 15.9. The van der Waals surface area contributed by atoms with Crippen molar-refractivity contribution >= 4 is 17.4 Å². The second-order valence-corrected chi connectivity index (χ2v) is 8.04. The fraction of sp³-hybridized carbons (Fsp3) is 0.429. The lowest BCUT2D eigenvalue weighted by atomic mass is 10.2. The number of nitrogens with zero attached hydrogens (tertiary/aromatic N) is 5. The first-order chi connectivity index (χ1) is 13.7. The Bertz CT molecular complexity index is 920. The number of benzene rings is 1. The van der Waals surface area contributed by atoms with Crippen LogP contribution in [0.5, 0.6) is 5.88 Å². The zero-order valence-electron chi connectivity index (χ0n) is 16.5. The van der Waals surface area contributed by atoms with Crippen LogP contribution < -0.4 is 4.74 Å². The van der Waals surface area contributed by atoms with Crippen LogP contribution in [0.3, 0.4) is 0 Å². The highest BCUT2D eigenvalue weighted by molar-refractivity contribution is 7.98. The molecular formula is C21H27N5OS. The summed E-state index contributed by atoms with van der Waals surface area (Å²) in [6.45, 7) is 6.35. The van der Waals surface area contributed by atoms with Crippen LogP contribution in [0.15, 0.2) is 47.5 Å². The van der Waals surface area contributed by atoms with Gasteiger partial charge in [-0.15, -0.1) is 16.9 Å². The molecule has 28 heavy (non-hydrogen) atoms. The van der Waals surface area contributed by atoms with Crippen LogP contribution in [0.4, 0.5) is 0 Å². The number of rotatable bonds is 7. The Morgan fingerprint density at radius 3 is 2.79 bits per heavy atom. The summed E-state index contributed by atoms with van der Waals surface area (Å²) in [4.78, 5) is 10.6. The zero-order chi connectivity index (χ0) is 19.3. The van der Waals surface area contributed by atoms with E-state index >= 15 is 0 Å². The van der Waals surface area contributed by atoms with Crippen LogP contribution in [0.2, 0.25) is 0 Å². The van der Waals surface area contributed by atoms with Crippen LogP contribution in [0.25, 0.3) is 16.9 Å². The predicted octanol–water partition coefficient (Wildman–Crippen LogP) is 3.13. The van der Waals surface area contributed by atoms with Crippen LogP contribution >= 0.6 is 11.8 Å². The van der Waals surface area contributed by atoms with Gasteiger partial charge in [-0.1, -0.05) is 12.1 Å². The molecule has 0 spiro atoms. The van der Waals surface area contributed by atoms with Crippen molar-refractivity contribution in [1.29, 1.82) is 0 Å². The van der Waals surface area contributed by atoms with Gasteiger partial charge in [-0.2, -0.15) is 0 Å². The first-order valence-electron chi connectivity index (χ1n) is 9.76. The fourth-order valence-electron chi connectivity index (χ4n) is 3.45. The minimum Gasteiger partial charge on any atom is -0.477 e. The van der Waals surface area contributed by atoms with Gasteiger partial charge in [-0.3, -0.25) is 0 Å². The van der Waals surface area contributed by atoms with Crippen molar-refractivity contribution in [3.8, 4) is 17.1 Å². The van der Waals surface area contributed by atoms with Gasteiger partial charge in [0.05, 0.1) is 18.5 Å². The number of ether oxygens (including phenoxy) is 1. The Labute approximate surface area is 170 Å². The van der Waals surface area contributed by atoms with Crippen LogP contribution in [0, 0.1) is 0 Å². The third-order valence-corrected chi connectivity index (χ3v) is 5.89. The number of piperazine rings is 1. The van der Waals surface area contributed by atoms with Crippen molar-refractivity contribution < 1.29 is 4.74 Å². The number of imidazole rings is 1. The van der Waals surface area contributed by atoms with E-state index in [1.54, 1.807) is 11.8 Å². The summed E-state index contributed by atoms with van der Waals surface area (Å²) in [5.74, 6) is 0.645. The summed E-state index contributed by atoms with van der Waals surface area (Å²) in [5.41, 5.74) is 2.92. The van der Waals surface area contributed by atoms with Crippen molar-refractivity contribution in [2.75, 3.05) is 52.6 Å². The average molecular weight is 398 g/mol. The molecule has 1 saturated heterocycles. The highest BCUT2D eigenvalue weighted by Crippen LogP contribution is 2.25. The molecule has 0 atom stereocenters. The molecule has 3 heterocycles. The summed E-state index contributed by atoms with van der Waals surface area (Å²) in [6.07, 6.45) is 4.97. The Morgan fingerprint density at radius 2 is 1.96 bits per heavy atom. The molecule has 1 aliphatic rings. The molecule has 2 aromatic heterocycles. The van der Waals surface area contributed by atoms with Crippen molar-refractivity contribution in [1.82, 2.24) is 24.4 Å². The quantitative estimate of drug-likeness (QED) is 0.451. The lowest BCUT2D eigenvalue weighted by Gasteiger charge is -2.32. The second-order valence-electron chi connectivity index (χ2n) is 7.16. The SMILES string of the molecule is CSc1cccc(-c2cnc3ccc(OCCCN4CCN(C)CC4)nn23)c1. The molecule has 0 bridgehead atoms. The number of fused-ring (bicyclic) bond motifs is 1. The standard InChI is InChI=1S/C21H27N5OS/c1-24-10-12-25(13-11-24)9-4-14-27-21-8-7-20-22-16-19(26(20)23-21)17-5-3-6-18(15-17)28-2/h3,5-8,15-16H,4,9-14H2,1-2H3. The second kappa shape index (κ2) is 8.94. The van der Waals surface area contributed by atoms with Gasteiger partial charge in [0, 0.05) is 49.2 Å².